The smallest absolute Gasteiger partial charge is 0.289 e. The molecule has 1 saturated heterocycles. The van der Waals surface area contributed by atoms with Gasteiger partial charge < -0.3 is 19.0 Å². The van der Waals surface area contributed by atoms with Crippen LogP contribution in [0.25, 0.3) is 11.0 Å². The minimum absolute atomic E-state index is 0.0820. The van der Waals surface area contributed by atoms with E-state index in [2.05, 4.69) is 45.1 Å². The van der Waals surface area contributed by atoms with Crippen molar-refractivity contribution >= 4 is 38.5 Å². The molecule has 152 valence electrons. The number of carbonyl (C=O) groups excluding carboxylic acids is 1. The molecule has 1 aliphatic heterocycles. The Balaban J connectivity index is 1.58. The monoisotopic (exact) mass is 456 g/mol. The molecule has 0 saturated carbocycles. The molecule has 0 spiro atoms. The van der Waals surface area contributed by atoms with Gasteiger partial charge in [0.05, 0.1) is 6.10 Å². The second kappa shape index (κ2) is 8.59. The average Bonchev–Trinajstić information content (AvgIpc) is 3.36. The van der Waals surface area contributed by atoms with Crippen LogP contribution in [-0.4, -0.2) is 44.2 Å². The van der Waals surface area contributed by atoms with Crippen molar-refractivity contribution in [1.29, 1.82) is 0 Å². The predicted molar refractivity (Wildman–Crippen MR) is 118 cm³/mol. The Morgan fingerprint density at radius 3 is 2.62 bits per heavy atom. The molecule has 0 bridgehead atoms. The molecule has 3 aromatic rings. The van der Waals surface area contributed by atoms with Crippen LogP contribution in [0.3, 0.4) is 0 Å². The number of furan rings is 1. The minimum Gasteiger partial charge on any atom is -0.451 e. The Bertz CT molecular complexity index is 991. The lowest BCUT2D eigenvalue weighted by molar-refractivity contribution is 0.0485. The molecule has 0 N–H and O–H groups in total. The van der Waals surface area contributed by atoms with Gasteiger partial charge in [0.15, 0.2) is 5.76 Å². The van der Waals surface area contributed by atoms with E-state index in [9.17, 15) is 4.79 Å². The van der Waals surface area contributed by atoms with E-state index in [0.29, 0.717) is 24.4 Å². The SMILES string of the molecule is CN(C)c1ccc(CN(C[C@@H]2CCCO2)C(=O)c2cc3cc(Br)ccc3o2)cc1. The first-order valence-electron chi connectivity index (χ1n) is 9.86. The fourth-order valence-corrected chi connectivity index (χ4v) is 4.03. The van der Waals surface area contributed by atoms with Crippen molar-refractivity contribution < 1.29 is 13.9 Å². The molecule has 1 amide bonds. The van der Waals surface area contributed by atoms with E-state index >= 15 is 0 Å². The quantitative estimate of drug-likeness (QED) is 0.518. The highest BCUT2D eigenvalue weighted by molar-refractivity contribution is 9.10. The number of hydrogen-bond acceptors (Lipinski definition) is 4. The van der Waals surface area contributed by atoms with Gasteiger partial charge in [-0.3, -0.25) is 4.79 Å². The van der Waals surface area contributed by atoms with E-state index in [-0.39, 0.29) is 12.0 Å². The third-order valence-corrected chi connectivity index (χ3v) is 5.74. The highest BCUT2D eigenvalue weighted by Crippen LogP contribution is 2.25. The zero-order valence-electron chi connectivity index (χ0n) is 16.7. The first-order chi connectivity index (χ1) is 14.0. The van der Waals surface area contributed by atoms with E-state index < -0.39 is 0 Å². The number of nitrogens with zero attached hydrogens (tertiary/aromatic N) is 2. The van der Waals surface area contributed by atoms with Crippen molar-refractivity contribution in [2.24, 2.45) is 0 Å². The van der Waals surface area contributed by atoms with Gasteiger partial charge in [0.2, 0.25) is 0 Å². The number of hydrogen-bond donors (Lipinski definition) is 0. The Kier molecular flexibility index (Phi) is 5.92. The van der Waals surface area contributed by atoms with Crippen LogP contribution in [0.2, 0.25) is 0 Å². The van der Waals surface area contributed by atoms with E-state index in [1.165, 1.54) is 0 Å². The van der Waals surface area contributed by atoms with Gasteiger partial charge in [0, 0.05) is 49.3 Å². The number of ether oxygens (including phenoxy) is 1. The summed E-state index contributed by atoms with van der Waals surface area (Å²) in [4.78, 5) is 17.2. The molecule has 1 aromatic heterocycles. The van der Waals surface area contributed by atoms with Crippen LogP contribution in [-0.2, 0) is 11.3 Å². The summed E-state index contributed by atoms with van der Waals surface area (Å²) >= 11 is 3.47. The maximum Gasteiger partial charge on any atom is 0.289 e. The number of fused-ring (bicyclic) bond motifs is 1. The lowest BCUT2D eigenvalue weighted by Gasteiger charge is -2.25. The highest BCUT2D eigenvalue weighted by atomic mass is 79.9. The second-order valence-corrected chi connectivity index (χ2v) is 8.59. The van der Waals surface area contributed by atoms with Gasteiger partial charge in [-0.25, -0.2) is 0 Å². The van der Waals surface area contributed by atoms with Crippen molar-refractivity contribution in [3.05, 3.63) is 64.3 Å². The molecule has 6 heteroatoms. The predicted octanol–water partition coefficient (Wildman–Crippen LogP) is 5.08. The van der Waals surface area contributed by atoms with Crippen LogP contribution in [0, 0.1) is 0 Å². The van der Waals surface area contributed by atoms with Crippen molar-refractivity contribution in [3.8, 4) is 0 Å². The maximum atomic E-state index is 13.3. The molecule has 1 atom stereocenters. The summed E-state index contributed by atoms with van der Waals surface area (Å²) in [5.74, 6) is 0.255. The number of rotatable bonds is 6. The summed E-state index contributed by atoms with van der Waals surface area (Å²) in [6.07, 6.45) is 2.11. The lowest BCUT2D eigenvalue weighted by Crippen LogP contribution is -2.36. The third-order valence-electron chi connectivity index (χ3n) is 5.25. The molecular weight excluding hydrogens is 432 g/mol. The number of carbonyl (C=O) groups is 1. The normalized spacial score (nSPS) is 16.3. The van der Waals surface area contributed by atoms with E-state index in [0.717, 1.165) is 40.6 Å². The number of amides is 1. The number of anilines is 1. The molecule has 0 unspecified atom stereocenters. The average molecular weight is 457 g/mol. The Morgan fingerprint density at radius 1 is 1.14 bits per heavy atom. The van der Waals surface area contributed by atoms with Crippen molar-refractivity contribution in [1.82, 2.24) is 4.90 Å². The number of benzene rings is 2. The molecule has 5 nitrogen and oxygen atoms in total. The van der Waals surface area contributed by atoms with Gasteiger partial charge in [0.25, 0.3) is 5.91 Å². The van der Waals surface area contributed by atoms with Gasteiger partial charge >= 0.3 is 0 Å². The summed E-state index contributed by atoms with van der Waals surface area (Å²) in [5, 5.41) is 0.912. The second-order valence-electron chi connectivity index (χ2n) is 7.67. The highest BCUT2D eigenvalue weighted by Gasteiger charge is 2.26. The largest absolute Gasteiger partial charge is 0.451 e. The van der Waals surface area contributed by atoms with Crippen LogP contribution in [0.1, 0.15) is 29.0 Å². The Hall–Kier alpha value is -2.31. The van der Waals surface area contributed by atoms with Crippen LogP contribution >= 0.6 is 15.9 Å². The summed E-state index contributed by atoms with van der Waals surface area (Å²) in [6, 6.07) is 15.9. The summed E-state index contributed by atoms with van der Waals surface area (Å²) in [5.41, 5.74) is 2.93. The van der Waals surface area contributed by atoms with Crippen LogP contribution in [0.5, 0.6) is 0 Å². The maximum absolute atomic E-state index is 13.3. The van der Waals surface area contributed by atoms with Gasteiger partial charge in [-0.2, -0.15) is 0 Å². The first kappa shape index (κ1) is 20.0. The summed E-state index contributed by atoms with van der Waals surface area (Å²) < 4.78 is 12.6. The molecule has 1 fully saturated rings. The molecule has 29 heavy (non-hydrogen) atoms. The van der Waals surface area contributed by atoms with Gasteiger partial charge in [0.1, 0.15) is 5.58 Å². The van der Waals surface area contributed by atoms with Crippen molar-refractivity contribution in [2.75, 3.05) is 32.1 Å². The lowest BCUT2D eigenvalue weighted by atomic mass is 10.1. The molecule has 0 radical (unpaired) electrons. The molecule has 2 heterocycles. The van der Waals surface area contributed by atoms with E-state index in [4.69, 9.17) is 9.15 Å². The van der Waals surface area contributed by atoms with E-state index in [1.807, 2.05) is 43.3 Å². The van der Waals surface area contributed by atoms with E-state index in [1.54, 1.807) is 0 Å². The Labute approximate surface area is 179 Å². The van der Waals surface area contributed by atoms with Crippen LogP contribution < -0.4 is 4.90 Å². The first-order valence-corrected chi connectivity index (χ1v) is 10.6. The molecule has 2 aromatic carbocycles. The molecule has 1 aliphatic rings. The zero-order chi connectivity index (χ0) is 20.4. The molecular formula is C23H25BrN2O3. The fraction of sp³-hybridized carbons (Fsp3) is 0.348. The summed E-state index contributed by atoms with van der Waals surface area (Å²) in [6.45, 7) is 1.85. The molecule has 4 rings (SSSR count). The third kappa shape index (κ3) is 4.65. The summed E-state index contributed by atoms with van der Waals surface area (Å²) in [7, 11) is 4.03. The van der Waals surface area contributed by atoms with Gasteiger partial charge in [-0.1, -0.05) is 28.1 Å². The van der Waals surface area contributed by atoms with Crippen LogP contribution in [0.15, 0.2) is 57.4 Å². The topological polar surface area (TPSA) is 45.9 Å². The zero-order valence-corrected chi connectivity index (χ0v) is 18.3. The minimum atomic E-state index is -0.107. The molecule has 0 aliphatic carbocycles. The standard InChI is InChI=1S/C23H25BrN2O3/c1-25(2)19-8-5-16(6-9-19)14-26(15-20-4-3-11-28-20)23(27)22-13-17-12-18(24)7-10-21(17)29-22/h5-10,12-13,20H,3-4,11,14-15H2,1-2H3/t20-/m0/s1. The van der Waals surface area contributed by atoms with Gasteiger partial charge in [-0.05, 0) is 54.8 Å². The van der Waals surface area contributed by atoms with Crippen LogP contribution in [0.4, 0.5) is 5.69 Å². The number of halogens is 1. The van der Waals surface area contributed by atoms with Gasteiger partial charge in [-0.15, -0.1) is 0 Å². The Morgan fingerprint density at radius 2 is 1.93 bits per heavy atom. The fourth-order valence-electron chi connectivity index (χ4n) is 3.65. The van der Waals surface area contributed by atoms with Crippen molar-refractivity contribution in [2.45, 2.75) is 25.5 Å². The van der Waals surface area contributed by atoms with Crippen molar-refractivity contribution in [3.63, 3.8) is 0 Å².